The topological polar surface area (TPSA) is 75.1 Å². The van der Waals surface area contributed by atoms with Gasteiger partial charge in [0.15, 0.2) is 0 Å². The summed E-state index contributed by atoms with van der Waals surface area (Å²) < 4.78 is 2.00. The Bertz CT molecular complexity index is 1240. The van der Waals surface area contributed by atoms with E-state index in [1.807, 2.05) is 54.1 Å². The number of rotatable bonds is 5. The minimum atomic E-state index is -0.200. The maximum absolute atomic E-state index is 12.8. The molecule has 2 aromatic carbocycles. The van der Waals surface area contributed by atoms with E-state index in [2.05, 4.69) is 49.8 Å². The lowest BCUT2D eigenvalue weighted by Crippen LogP contribution is -2.46. The molecule has 0 unspecified atom stereocenters. The number of imidazole rings is 1. The van der Waals surface area contributed by atoms with E-state index in [4.69, 9.17) is 0 Å². The molecule has 5 rings (SSSR count). The van der Waals surface area contributed by atoms with Gasteiger partial charge < -0.3 is 20.1 Å². The van der Waals surface area contributed by atoms with E-state index in [0.29, 0.717) is 12.2 Å². The van der Waals surface area contributed by atoms with Crippen LogP contribution in [-0.2, 0) is 13.6 Å². The van der Waals surface area contributed by atoms with Crippen molar-refractivity contribution in [3.8, 4) is 0 Å². The van der Waals surface area contributed by atoms with E-state index in [1.165, 1.54) is 5.56 Å². The van der Waals surface area contributed by atoms with E-state index in [9.17, 15) is 4.79 Å². The zero-order valence-corrected chi connectivity index (χ0v) is 18.0. The minimum Gasteiger partial charge on any atom is -0.353 e. The molecular formula is C25H26N6O. The van der Waals surface area contributed by atoms with Crippen molar-refractivity contribution in [3.63, 3.8) is 0 Å². The van der Waals surface area contributed by atoms with Crippen LogP contribution in [0.1, 0.15) is 27.9 Å². The van der Waals surface area contributed by atoms with Crippen molar-refractivity contribution >= 4 is 22.8 Å². The Morgan fingerprint density at radius 3 is 2.69 bits per heavy atom. The first kappa shape index (κ1) is 20.2. The molecule has 0 aliphatic carbocycles. The Hall–Kier alpha value is -3.71. The molecule has 1 amide bonds. The Labute approximate surface area is 187 Å². The van der Waals surface area contributed by atoms with Crippen molar-refractivity contribution < 1.29 is 4.79 Å². The highest BCUT2D eigenvalue weighted by molar-refractivity contribution is 5.92. The molecule has 1 aliphatic heterocycles. The molecule has 32 heavy (non-hydrogen) atoms. The second-order valence-electron chi connectivity index (χ2n) is 8.00. The summed E-state index contributed by atoms with van der Waals surface area (Å²) in [6.45, 7) is 2.87. The third kappa shape index (κ3) is 4.07. The van der Waals surface area contributed by atoms with Crippen LogP contribution in [-0.4, -0.2) is 40.1 Å². The van der Waals surface area contributed by atoms with E-state index < -0.39 is 0 Å². The van der Waals surface area contributed by atoms with Gasteiger partial charge in [-0.3, -0.25) is 4.79 Å². The van der Waals surface area contributed by atoms with Crippen molar-refractivity contribution in [2.75, 3.05) is 24.5 Å². The van der Waals surface area contributed by atoms with Gasteiger partial charge in [-0.05, 0) is 29.8 Å². The number of carbonyl (C=O) groups is 1. The van der Waals surface area contributed by atoms with Crippen molar-refractivity contribution in [2.24, 2.45) is 7.05 Å². The molecule has 7 nitrogen and oxygen atoms in total. The van der Waals surface area contributed by atoms with E-state index >= 15 is 0 Å². The fraction of sp³-hybridized carbons (Fsp3) is 0.240. The van der Waals surface area contributed by atoms with Crippen LogP contribution in [0.25, 0.3) is 11.0 Å². The highest BCUT2D eigenvalue weighted by Gasteiger charge is 2.22. The zero-order chi connectivity index (χ0) is 21.9. The maximum atomic E-state index is 12.8. The molecule has 2 N–H and O–H groups in total. The molecule has 1 saturated heterocycles. The van der Waals surface area contributed by atoms with Crippen LogP contribution in [0.5, 0.6) is 0 Å². The van der Waals surface area contributed by atoms with Crippen LogP contribution >= 0.6 is 0 Å². The number of carbonyl (C=O) groups excluding carboxylic acids is 1. The summed E-state index contributed by atoms with van der Waals surface area (Å²) in [5.74, 6) is 1.43. The van der Waals surface area contributed by atoms with Gasteiger partial charge >= 0.3 is 0 Å². The van der Waals surface area contributed by atoms with E-state index in [0.717, 1.165) is 42.3 Å². The molecule has 3 heterocycles. The lowest BCUT2D eigenvalue weighted by molar-refractivity contribution is 0.0944. The fourth-order valence-corrected chi connectivity index (χ4v) is 4.20. The first-order chi connectivity index (χ1) is 15.7. The number of nitrogens with one attached hydrogen (secondary N) is 2. The van der Waals surface area contributed by atoms with Crippen molar-refractivity contribution in [2.45, 2.75) is 12.6 Å². The first-order valence-electron chi connectivity index (χ1n) is 10.9. The second kappa shape index (κ2) is 8.80. The van der Waals surface area contributed by atoms with Crippen LogP contribution in [0.2, 0.25) is 0 Å². The van der Waals surface area contributed by atoms with Gasteiger partial charge in [0.05, 0.1) is 17.6 Å². The van der Waals surface area contributed by atoms with Gasteiger partial charge in [0.25, 0.3) is 5.91 Å². The third-order valence-corrected chi connectivity index (χ3v) is 5.96. The predicted octanol–water partition coefficient (Wildman–Crippen LogP) is 3.05. The summed E-state index contributed by atoms with van der Waals surface area (Å²) >= 11 is 0. The number of fused-ring (bicyclic) bond motifs is 1. The van der Waals surface area contributed by atoms with Gasteiger partial charge in [0.2, 0.25) is 0 Å². The molecular weight excluding hydrogens is 400 g/mol. The van der Waals surface area contributed by atoms with E-state index in [-0.39, 0.29) is 11.9 Å². The highest BCUT2D eigenvalue weighted by atomic mass is 16.1. The number of amides is 1. The number of anilines is 1. The van der Waals surface area contributed by atoms with Gasteiger partial charge in [-0.1, -0.05) is 48.5 Å². The molecule has 0 bridgehead atoms. The zero-order valence-electron chi connectivity index (χ0n) is 18.0. The molecule has 0 radical (unpaired) electrons. The van der Waals surface area contributed by atoms with Gasteiger partial charge in [0, 0.05) is 32.7 Å². The molecule has 1 atom stereocenters. The van der Waals surface area contributed by atoms with Crippen LogP contribution < -0.4 is 15.5 Å². The van der Waals surface area contributed by atoms with Crippen molar-refractivity contribution in [1.29, 1.82) is 0 Å². The number of nitrogens with zero attached hydrogens (tertiary/aromatic N) is 4. The number of piperazine rings is 1. The van der Waals surface area contributed by atoms with Crippen molar-refractivity contribution in [1.82, 2.24) is 25.2 Å². The molecule has 7 heteroatoms. The van der Waals surface area contributed by atoms with Gasteiger partial charge in [-0.25, -0.2) is 9.97 Å². The lowest BCUT2D eigenvalue weighted by atomic mass is 10.0. The predicted molar refractivity (Wildman–Crippen MR) is 126 cm³/mol. The Morgan fingerprint density at radius 1 is 1.03 bits per heavy atom. The average Bonchev–Trinajstić information content (AvgIpc) is 3.19. The number of pyridine rings is 1. The van der Waals surface area contributed by atoms with Crippen LogP contribution in [0.3, 0.4) is 0 Å². The number of hydrogen-bond donors (Lipinski definition) is 2. The third-order valence-electron chi connectivity index (χ3n) is 5.96. The smallest absolute Gasteiger partial charge is 0.270 e. The average molecular weight is 427 g/mol. The van der Waals surface area contributed by atoms with Crippen LogP contribution in [0, 0.1) is 0 Å². The van der Waals surface area contributed by atoms with Gasteiger partial charge in [-0.15, -0.1) is 0 Å². The molecule has 4 aromatic rings. The second-order valence-corrected chi connectivity index (χ2v) is 8.00. The molecule has 0 saturated carbocycles. The summed E-state index contributed by atoms with van der Waals surface area (Å²) in [5.41, 5.74) is 3.64. The summed E-state index contributed by atoms with van der Waals surface area (Å²) in [6.07, 6.45) is 0. The molecule has 2 aromatic heterocycles. The molecule has 0 spiro atoms. The maximum Gasteiger partial charge on any atom is 0.270 e. The largest absolute Gasteiger partial charge is 0.353 e. The normalized spacial score (nSPS) is 16.3. The standard InChI is InChI=1S/C25H26N6O/c1-30-22-12-6-5-10-19(22)28-24(30)16-27-25(32)20-11-7-13-23(29-20)31-15-14-26-21(17-31)18-8-3-2-4-9-18/h2-13,21,26H,14-17H2,1H3,(H,27,32)/t21-/m0/s1. The number of aryl methyl sites for hydroxylation is 1. The Balaban J connectivity index is 1.28. The minimum absolute atomic E-state index is 0.200. The fourth-order valence-electron chi connectivity index (χ4n) is 4.20. The van der Waals surface area contributed by atoms with Crippen LogP contribution in [0.15, 0.2) is 72.8 Å². The lowest BCUT2D eigenvalue weighted by Gasteiger charge is -2.34. The summed E-state index contributed by atoms with van der Waals surface area (Å²) in [6, 6.07) is 24.2. The van der Waals surface area contributed by atoms with Gasteiger partial charge in [-0.2, -0.15) is 0 Å². The number of aromatic nitrogens is 3. The molecule has 162 valence electrons. The number of para-hydroxylation sites is 2. The summed E-state index contributed by atoms with van der Waals surface area (Å²) in [5, 5.41) is 6.54. The molecule has 1 aliphatic rings. The molecule has 1 fully saturated rings. The first-order valence-corrected chi connectivity index (χ1v) is 10.9. The summed E-state index contributed by atoms with van der Waals surface area (Å²) in [7, 11) is 1.96. The monoisotopic (exact) mass is 426 g/mol. The van der Waals surface area contributed by atoms with Crippen LogP contribution in [0.4, 0.5) is 5.82 Å². The summed E-state index contributed by atoms with van der Waals surface area (Å²) in [4.78, 5) is 24.3. The van der Waals surface area contributed by atoms with Gasteiger partial charge in [0.1, 0.15) is 17.3 Å². The number of benzene rings is 2. The number of hydrogen-bond acceptors (Lipinski definition) is 5. The highest BCUT2D eigenvalue weighted by Crippen LogP contribution is 2.21. The Kier molecular flexibility index (Phi) is 5.56. The van der Waals surface area contributed by atoms with Crippen molar-refractivity contribution in [3.05, 3.63) is 89.9 Å². The Morgan fingerprint density at radius 2 is 1.84 bits per heavy atom. The quantitative estimate of drug-likeness (QED) is 0.513. The SMILES string of the molecule is Cn1c(CNC(=O)c2cccc(N3CCN[C@H](c4ccccc4)C3)n2)nc2ccccc21. The van der Waals surface area contributed by atoms with E-state index in [1.54, 1.807) is 6.07 Å².